The van der Waals surface area contributed by atoms with Crippen LogP contribution < -0.4 is 5.32 Å². The molecule has 0 spiro atoms. The van der Waals surface area contributed by atoms with Crippen LogP contribution in [0.15, 0.2) is 18.2 Å². The van der Waals surface area contributed by atoms with Crippen molar-refractivity contribution < 1.29 is 9.13 Å². The molecule has 1 aromatic rings. The summed E-state index contributed by atoms with van der Waals surface area (Å²) in [6.45, 7) is 5.64. The molecule has 0 amide bonds. The summed E-state index contributed by atoms with van der Waals surface area (Å²) >= 11 is 0. The maximum absolute atomic E-state index is 12.9. The van der Waals surface area contributed by atoms with Gasteiger partial charge in [0.05, 0.1) is 6.10 Å². The summed E-state index contributed by atoms with van der Waals surface area (Å²) in [6, 6.07) is 5.35. The smallest absolute Gasteiger partial charge is 0.123 e. The quantitative estimate of drug-likeness (QED) is 0.849. The fraction of sp³-hybridized carbons (Fsp3) is 0.538. The molecule has 88 valence electrons. The van der Waals surface area contributed by atoms with Gasteiger partial charge in [-0.3, -0.25) is 0 Å². The topological polar surface area (TPSA) is 21.3 Å². The average Bonchev–Trinajstić information content (AvgIpc) is 2.63. The molecule has 16 heavy (non-hydrogen) atoms. The lowest BCUT2D eigenvalue weighted by atomic mass is 10.1. The van der Waals surface area contributed by atoms with Crippen LogP contribution in [0.3, 0.4) is 0 Å². The first-order valence-electron chi connectivity index (χ1n) is 5.77. The van der Waals surface area contributed by atoms with Crippen molar-refractivity contribution in [3.63, 3.8) is 0 Å². The normalized spacial score (nSPS) is 24.9. The second-order valence-corrected chi connectivity index (χ2v) is 4.42. The van der Waals surface area contributed by atoms with Crippen molar-refractivity contribution in [3.8, 4) is 0 Å². The molecular formula is C13H18FNO. The molecule has 2 rings (SSSR count). The van der Waals surface area contributed by atoms with Gasteiger partial charge in [0.15, 0.2) is 0 Å². The largest absolute Gasteiger partial charge is 0.377 e. The number of nitrogens with one attached hydrogen (secondary N) is 1. The number of aryl methyl sites for hydroxylation is 1. The van der Waals surface area contributed by atoms with Crippen LogP contribution in [-0.2, 0) is 11.3 Å². The highest BCUT2D eigenvalue weighted by atomic mass is 19.1. The van der Waals surface area contributed by atoms with Crippen molar-refractivity contribution >= 4 is 0 Å². The van der Waals surface area contributed by atoms with E-state index in [1.807, 2.05) is 13.0 Å². The Hall–Kier alpha value is -0.930. The zero-order chi connectivity index (χ0) is 11.5. The number of ether oxygens (including phenoxy) is 1. The molecule has 2 nitrogen and oxygen atoms in total. The van der Waals surface area contributed by atoms with E-state index in [9.17, 15) is 4.39 Å². The van der Waals surface area contributed by atoms with E-state index in [0.29, 0.717) is 6.04 Å². The van der Waals surface area contributed by atoms with Gasteiger partial charge in [-0.05, 0) is 43.5 Å². The van der Waals surface area contributed by atoms with Crippen LogP contribution in [0.25, 0.3) is 0 Å². The van der Waals surface area contributed by atoms with Crippen LogP contribution in [0, 0.1) is 12.7 Å². The number of benzene rings is 1. The van der Waals surface area contributed by atoms with E-state index in [0.717, 1.165) is 30.7 Å². The van der Waals surface area contributed by atoms with Gasteiger partial charge < -0.3 is 10.1 Å². The molecule has 1 heterocycles. The predicted molar refractivity (Wildman–Crippen MR) is 61.8 cm³/mol. The summed E-state index contributed by atoms with van der Waals surface area (Å²) in [7, 11) is 0. The Bertz CT molecular complexity index is 367. The molecule has 0 saturated carbocycles. The highest BCUT2D eigenvalue weighted by Crippen LogP contribution is 2.15. The van der Waals surface area contributed by atoms with E-state index >= 15 is 0 Å². The van der Waals surface area contributed by atoms with Crippen molar-refractivity contribution in [2.45, 2.75) is 39.0 Å². The second-order valence-electron chi connectivity index (χ2n) is 4.42. The summed E-state index contributed by atoms with van der Waals surface area (Å²) < 4.78 is 18.4. The van der Waals surface area contributed by atoms with Gasteiger partial charge in [-0.25, -0.2) is 4.39 Å². The van der Waals surface area contributed by atoms with Crippen molar-refractivity contribution in [2.24, 2.45) is 0 Å². The molecule has 2 atom stereocenters. The first-order chi connectivity index (χ1) is 7.66. The zero-order valence-corrected chi connectivity index (χ0v) is 9.79. The highest BCUT2D eigenvalue weighted by molar-refractivity contribution is 5.26. The molecular weight excluding hydrogens is 205 g/mol. The molecule has 0 aromatic heterocycles. The molecule has 3 heteroatoms. The van der Waals surface area contributed by atoms with Crippen molar-refractivity contribution in [2.75, 3.05) is 6.61 Å². The fourth-order valence-corrected chi connectivity index (χ4v) is 2.10. The Morgan fingerprint density at radius 2 is 2.31 bits per heavy atom. The monoisotopic (exact) mass is 223 g/mol. The molecule has 2 unspecified atom stereocenters. The van der Waals surface area contributed by atoms with E-state index in [1.54, 1.807) is 6.07 Å². The van der Waals surface area contributed by atoms with Crippen LogP contribution in [-0.4, -0.2) is 18.8 Å². The third-order valence-electron chi connectivity index (χ3n) is 3.24. The minimum absolute atomic E-state index is 0.168. The third-order valence-corrected chi connectivity index (χ3v) is 3.24. The maximum atomic E-state index is 12.9. The van der Waals surface area contributed by atoms with Gasteiger partial charge in [-0.15, -0.1) is 0 Å². The Kier molecular flexibility index (Phi) is 3.56. The summed E-state index contributed by atoms with van der Waals surface area (Å²) in [5.74, 6) is -0.168. The maximum Gasteiger partial charge on any atom is 0.123 e. The summed E-state index contributed by atoms with van der Waals surface area (Å²) in [4.78, 5) is 0. The summed E-state index contributed by atoms with van der Waals surface area (Å²) in [5.41, 5.74) is 2.15. The Morgan fingerprint density at radius 1 is 1.50 bits per heavy atom. The van der Waals surface area contributed by atoms with Crippen LogP contribution in [0.5, 0.6) is 0 Å². The number of halogens is 1. The van der Waals surface area contributed by atoms with Crippen LogP contribution in [0.4, 0.5) is 4.39 Å². The standard InChI is InChI=1S/C13H18FNO/c1-9-7-12(14)4-3-11(9)8-15-13-5-6-16-10(13)2/h3-4,7,10,13,15H,5-6,8H2,1-2H3. The second kappa shape index (κ2) is 4.93. The van der Waals surface area contributed by atoms with Gasteiger partial charge in [0, 0.05) is 19.2 Å². The molecule has 0 aliphatic carbocycles. The average molecular weight is 223 g/mol. The zero-order valence-electron chi connectivity index (χ0n) is 9.79. The SMILES string of the molecule is Cc1cc(F)ccc1CNC1CCOC1C. The summed E-state index contributed by atoms with van der Waals surface area (Å²) in [5, 5.41) is 3.46. The van der Waals surface area contributed by atoms with Gasteiger partial charge >= 0.3 is 0 Å². The number of rotatable bonds is 3. The van der Waals surface area contributed by atoms with Crippen LogP contribution in [0.1, 0.15) is 24.5 Å². The predicted octanol–water partition coefficient (Wildman–Crippen LogP) is 2.40. The molecule has 1 N–H and O–H groups in total. The van der Waals surface area contributed by atoms with E-state index < -0.39 is 0 Å². The summed E-state index contributed by atoms with van der Waals surface area (Å²) in [6.07, 6.45) is 1.34. The Morgan fingerprint density at radius 3 is 2.94 bits per heavy atom. The molecule has 0 radical (unpaired) electrons. The molecule has 1 fully saturated rings. The molecule has 1 aliphatic rings. The lowest BCUT2D eigenvalue weighted by Gasteiger charge is -2.16. The molecule has 1 saturated heterocycles. The van der Waals surface area contributed by atoms with E-state index in [1.165, 1.54) is 6.07 Å². The van der Waals surface area contributed by atoms with Gasteiger partial charge in [0.1, 0.15) is 5.82 Å². The van der Waals surface area contributed by atoms with Crippen LogP contribution >= 0.6 is 0 Å². The third kappa shape index (κ3) is 2.60. The van der Waals surface area contributed by atoms with E-state index in [2.05, 4.69) is 12.2 Å². The Labute approximate surface area is 95.8 Å². The first-order valence-corrected chi connectivity index (χ1v) is 5.77. The molecule has 1 aromatic carbocycles. The lowest BCUT2D eigenvalue weighted by Crippen LogP contribution is -2.34. The van der Waals surface area contributed by atoms with Gasteiger partial charge in [-0.1, -0.05) is 6.07 Å². The first kappa shape index (κ1) is 11.6. The van der Waals surface area contributed by atoms with E-state index in [-0.39, 0.29) is 11.9 Å². The van der Waals surface area contributed by atoms with Crippen LogP contribution in [0.2, 0.25) is 0 Å². The van der Waals surface area contributed by atoms with Crippen molar-refractivity contribution in [1.29, 1.82) is 0 Å². The molecule has 1 aliphatic heterocycles. The van der Waals surface area contributed by atoms with Crippen molar-refractivity contribution in [1.82, 2.24) is 5.32 Å². The fourth-order valence-electron chi connectivity index (χ4n) is 2.10. The van der Waals surface area contributed by atoms with Gasteiger partial charge in [0.25, 0.3) is 0 Å². The number of hydrogen-bond acceptors (Lipinski definition) is 2. The van der Waals surface area contributed by atoms with Gasteiger partial charge in [-0.2, -0.15) is 0 Å². The van der Waals surface area contributed by atoms with Crippen molar-refractivity contribution in [3.05, 3.63) is 35.1 Å². The van der Waals surface area contributed by atoms with Gasteiger partial charge in [0.2, 0.25) is 0 Å². The lowest BCUT2D eigenvalue weighted by molar-refractivity contribution is 0.113. The van der Waals surface area contributed by atoms with E-state index in [4.69, 9.17) is 4.74 Å². The Balaban J connectivity index is 1.94. The minimum atomic E-state index is -0.168. The molecule has 0 bridgehead atoms. The minimum Gasteiger partial charge on any atom is -0.377 e. The number of hydrogen-bond donors (Lipinski definition) is 1. The highest BCUT2D eigenvalue weighted by Gasteiger charge is 2.23.